The van der Waals surface area contributed by atoms with Crippen molar-refractivity contribution < 1.29 is 33.6 Å². The van der Waals surface area contributed by atoms with Gasteiger partial charge < -0.3 is 33.9 Å². The third-order valence-corrected chi connectivity index (χ3v) is 6.05. The van der Waals surface area contributed by atoms with E-state index in [-0.39, 0.29) is 28.5 Å². The van der Waals surface area contributed by atoms with Crippen LogP contribution in [0.1, 0.15) is 17.2 Å². The fraction of sp³-hybridized carbons (Fsp3) is 0.360. The SMILES string of the molecule is COc1ccc(C(O)=C2C(=O)C(=O)N(CCN(C)C)[C@@H]2c2cc(OC)c(OC)c(OC)c2)cc1Cl. The number of benzene rings is 2. The molecule has 2 aromatic carbocycles. The number of aliphatic hydroxyl groups excluding tert-OH is 1. The highest BCUT2D eigenvalue weighted by molar-refractivity contribution is 6.46. The quantitative estimate of drug-likeness (QED) is 0.315. The summed E-state index contributed by atoms with van der Waals surface area (Å²) in [4.78, 5) is 29.7. The van der Waals surface area contributed by atoms with Crippen LogP contribution >= 0.6 is 11.6 Å². The van der Waals surface area contributed by atoms with Gasteiger partial charge in [0.25, 0.3) is 11.7 Å². The van der Waals surface area contributed by atoms with Gasteiger partial charge in [0.1, 0.15) is 11.5 Å². The van der Waals surface area contributed by atoms with Crippen molar-refractivity contribution in [2.24, 2.45) is 0 Å². The molecule has 1 atom stereocenters. The lowest BCUT2D eigenvalue weighted by atomic mass is 9.94. The molecule has 0 radical (unpaired) electrons. The van der Waals surface area contributed by atoms with Crippen LogP contribution in [0.4, 0.5) is 0 Å². The molecule has 0 unspecified atom stereocenters. The Balaban J connectivity index is 2.26. The molecule has 35 heavy (non-hydrogen) atoms. The summed E-state index contributed by atoms with van der Waals surface area (Å²) in [7, 11) is 9.64. The number of nitrogens with zero attached hydrogens (tertiary/aromatic N) is 2. The Morgan fingerprint density at radius 2 is 1.57 bits per heavy atom. The van der Waals surface area contributed by atoms with Crippen LogP contribution in [0.5, 0.6) is 23.0 Å². The molecule has 10 heteroatoms. The number of methoxy groups -OCH3 is 4. The van der Waals surface area contributed by atoms with Crippen molar-refractivity contribution in [1.29, 1.82) is 0 Å². The van der Waals surface area contributed by atoms with E-state index < -0.39 is 17.7 Å². The Bertz CT molecular complexity index is 1140. The lowest BCUT2D eigenvalue weighted by Gasteiger charge is -2.27. The molecule has 2 aromatic rings. The first-order valence-corrected chi connectivity index (χ1v) is 11.1. The number of ketones is 1. The molecular weight excluding hydrogens is 476 g/mol. The minimum absolute atomic E-state index is 0.0655. The second-order valence-corrected chi connectivity index (χ2v) is 8.51. The van der Waals surface area contributed by atoms with E-state index in [0.717, 1.165) is 0 Å². The zero-order chi connectivity index (χ0) is 25.9. The summed E-state index contributed by atoms with van der Waals surface area (Å²) in [5.41, 5.74) is 0.724. The van der Waals surface area contributed by atoms with Crippen LogP contribution in [-0.4, -0.2) is 82.2 Å². The number of carbonyl (C=O) groups is 2. The predicted molar refractivity (Wildman–Crippen MR) is 132 cm³/mol. The van der Waals surface area contributed by atoms with E-state index in [0.29, 0.717) is 35.1 Å². The second-order valence-electron chi connectivity index (χ2n) is 8.10. The molecule has 1 N–H and O–H groups in total. The molecular formula is C25H29ClN2O7. The molecule has 1 fully saturated rings. The van der Waals surface area contributed by atoms with E-state index in [2.05, 4.69) is 0 Å². The lowest BCUT2D eigenvalue weighted by molar-refractivity contribution is -0.140. The summed E-state index contributed by atoms with van der Waals surface area (Å²) in [5, 5.41) is 11.5. The molecule has 1 heterocycles. The van der Waals surface area contributed by atoms with Crippen molar-refractivity contribution in [3.05, 3.63) is 52.1 Å². The first kappa shape index (κ1) is 26.2. The van der Waals surface area contributed by atoms with E-state index in [4.69, 9.17) is 30.5 Å². The number of likely N-dealkylation sites (tertiary alicyclic amines) is 1. The van der Waals surface area contributed by atoms with Crippen molar-refractivity contribution in [3.8, 4) is 23.0 Å². The van der Waals surface area contributed by atoms with Crippen LogP contribution < -0.4 is 18.9 Å². The fourth-order valence-electron chi connectivity index (χ4n) is 3.99. The van der Waals surface area contributed by atoms with Crippen LogP contribution in [0.15, 0.2) is 35.9 Å². The van der Waals surface area contributed by atoms with Gasteiger partial charge >= 0.3 is 0 Å². The van der Waals surface area contributed by atoms with Gasteiger partial charge in [0.15, 0.2) is 11.5 Å². The number of rotatable bonds is 9. The molecule has 0 aromatic heterocycles. The maximum absolute atomic E-state index is 13.2. The number of hydrogen-bond donors (Lipinski definition) is 1. The van der Waals surface area contributed by atoms with E-state index in [1.54, 1.807) is 24.3 Å². The Labute approximate surface area is 209 Å². The molecule has 0 saturated carbocycles. The summed E-state index contributed by atoms with van der Waals surface area (Å²) < 4.78 is 21.5. The topological polar surface area (TPSA) is 97.8 Å². The molecule has 1 amide bonds. The largest absolute Gasteiger partial charge is 0.507 e. The Kier molecular flexibility index (Phi) is 8.14. The molecule has 9 nitrogen and oxygen atoms in total. The Morgan fingerprint density at radius 3 is 2.06 bits per heavy atom. The second kappa shape index (κ2) is 10.9. The lowest BCUT2D eigenvalue weighted by Crippen LogP contribution is -2.35. The number of amides is 1. The average Bonchev–Trinajstić information content (AvgIpc) is 3.10. The zero-order valence-electron chi connectivity index (χ0n) is 20.5. The summed E-state index contributed by atoms with van der Waals surface area (Å²) >= 11 is 6.25. The summed E-state index contributed by atoms with van der Waals surface area (Å²) in [6.07, 6.45) is 0. The number of likely N-dealkylation sites (N-methyl/N-ethyl adjacent to an activating group) is 1. The molecule has 188 valence electrons. The van der Waals surface area contributed by atoms with Crippen molar-refractivity contribution in [2.45, 2.75) is 6.04 Å². The van der Waals surface area contributed by atoms with Gasteiger partial charge in [-0.3, -0.25) is 9.59 Å². The molecule has 0 spiro atoms. The van der Waals surface area contributed by atoms with Crippen LogP contribution in [0.2, 0.25) is 5.02 Å². The fourth-order valence-corrected chi connectivity index (χ4v) is 4.25. The van der Waals surface area contributed by atoms with Gasteiger partial charge in [-0.05, 0) is 50.0 Å². The van der Waals surface area contributed by atoms with Gasteiger partial charge in [0, 0.05) is 18.7 Å². The molecule has 3 rings (SSSR count). The third-order valence-electron chi connectivity index (χ3n) is 5.76. The normalized spacial score (nSPS) is 17.1. The number of halogens is 1. The van der Waals surface area contributed by atoms with Crippen LogP contribution in [0.25, 0.3) is 5.76 Å². The van der Waals surface area contributed by atoms with Crippen molar-refractivity contribution >= 4 is 29.1 Å². The number of ether oxygens (including phenoxy) is 4. The van der Waals surface area contributed by atoms with Gasteiger partial charge in [-0.1, -0.05) is 11.6 Å². The first-order chi connectivity index (χ1) is 16.7. The highest BCUT2D eigenvalue weighted by atomic mass is 35.5. The summed E-state index contributed by atoms with van der Waals surface area (Å²) in [5.74, 6) is -0.375. The van der Waals surface area contributed by atoms with E-state index in [9.17, 15) is 14.7 Å². The van der Waals surface area contributed by atoms with Crippen molar-refractivity contribution in [1.82, 2.24) is 9.80 Å². The molecule has 1 saturated heterocycles. The van der Waals surface area contributed by atoms with Gasteiger partial charge in [-0.15, -0.1) is 0 Å². The highest BCUT2D eigenvalue weighted by Gasteiger charge is 2.46. The number of hydrogen-bond acceptors (Lipinski definition) is 8. The Hall–Kier alpha value is -3.43. The van der Waals surface area contributed by atoms with Crippen LogP contribution in [-0.2, 0) is 9.59 Å². The standard InChI is InChI=1S/C25H29ClN2O7/c1-27(2)9-10-28-21(15-12-18(33-4)24(35-6)19(13-15)34-5)20(23(30)25(28)31)22(29)14-7-8-17(32-3)16(26)11-14/h7-8,11-13,21,29H,9-10H2,1-6H3/t21-/m1/s1. The first-order valence-electron chi connectivity index (χ1n) is 10.7. The summed E-state index contributed by atoms with van der Waals surface area (Å²) in [6, 6.07) is 7.05. The summed E-state index contributed by atoms with van der Waals surface area (Å²) in [6.45, 7) is 0.751. The number of aliphatic hydroxyl groups is 1. The van der Waals surface area contributed by atoms with Gasteiger partial charge in [-0.25, -0.2) is 0 Å². The van der Waals surface area contributed by atoms with Gasteiger partial charge in [0.2, 0.25) is 5.75 Å². The average molecular weight is 505 g/mol. The highest BCUT2D eigenvalue weighted by Crippen LogP contribution is 2.45. The minimum Gasteiger partial charge on any atom is -0.507 e. The minimum atomic E-state index is -0.899. The molecule has 0 aliphatic carbocycles. The number of carbonyl (C=O) groups excluding carboxylic acids is 2. The number of Topliss-reactive ketones (excluding diaryl/α,β-unsaturated/α-hetero) is 1. The molecule has 1 aliphatic rings. The zero-order valence-corrected chi connectivity index (χ0v) is 21.3. The molecule has 0 bridgehead atoms. The van der Waals surface area contributed by atoms with Crippen LogP contribution in [0.3, 0.4) is 0 Å². The maximum atomic E-state index is 13.2. The predicted octanol–water partition coefficient (Wildman–Crippen LogP) is 3.36. The van der Waals surface area contributed by atoms with Crippen molar-refractivity contribution in [2.75, 3.05) is 55.6 Å². The third kappa shape index (κ3) is 5.01. The van der Waals surface area contributed by atoms with Crippen LogP contribution in [0, 0.1) is 0 Å². The Morgan fingerprint density at radius 1 is 0.971 bits per heavy atom. The van der Waals surface area contributed by atoms with E-state index in [1.807, 2.05) is 19.0 Å². The van der Waals surface area contributed by atoms with Crippen molar-refractivity contribution in [3.63, 3.8) is 0 Å². The maximum Gasteiger partial charge on any atom is 0.295 e. The van der Waals surface area contributed by atoms with E-state index in [1.165, 1.54) is 39.4 Å². The van der Waals surface area contributed by atoms with Gasteiger partial charge in [-0.2, -0.15) is 0 Å². The van der Waals surface area contributed by atoms with E-state index >= 15 is 0 Å². The monoisotopic (exact) mass is 504 g/mol. The molecule has 1 aliphatic heterocycles. The smallest absolute Gasteiger partial charge is 0.295 e. The van der Waals surface area contributed by atoms with Gasteiger partial charge in [0.05, 0.1) is 45.1 Å².